The molecule has 13 rings (SSSR count). The van der Waals surface area contributed by atoms with Gasteiger partial charge in [-0.15, -0.1) is 0 Å². The number of hydrogen-bond acceptors (Lipinski definition) is 0. The highest BCUT2D eigenvalue weighted by molar-refractivity contribution is 6.36. The summed E-state index contributed by atoms with van der Waals surface area (Å²) in [7, 11) is 0. The Morgan fingerprint density at radius 3 is 1.17 bits per heavy atom. The minimum Gasteiger partial charge on any atom is -0.315 e. The molecule has 4 heteroatoms. The van der Waals surface area contributed by atoms with Gasteiger partial charge in [-0.2, -0.15) is 0 Å². The Labute approximate surface area is 335 Å². The van der Waals surface area contributed by atoms with Crippen LogP contribution in [0.15, 0.2) is 146 Å². The van der Waals surface area contributed by atoms with Crippen molar-refractivity contribution in [3.8, 4) is 11.4 Å². The molecule has 6 aromatic heterocycles. The summed E-state index contributed by atoms with van der Waals surface area (Å²) in [5.74, 6) is 0. The number of para-hydroxylation sites is 2. The average molecular weight is 747 g/mol. The lowest BCUT2D eigenvalue weighted by Crippen LogP contribution is -2.10. The van der Waals surface area contributed by atoms with Crippen LogP contribution in [0, 0.1) is 0 Å². The highest BCUT2D eigenvalue weighted by atomic mass is 15.0. The minimum atomic E-state index is 0.0159. The van der Waals surface area contributed by atoms with Gasteiger partial charge in [-0.1, -0.05) is 90.1 Å². The van der Waals surface area contributed by atoms with Crippen LogP contribution in [0.1, 0.15) is 52.7 Å². The van der Waals surface area contributed by atoms with E-state index in [1.54, 1.807) is 0 Å². The monoisotopic (exact) mass is 746 g/mol. The molecular formula is C54H42N4. The van der Waals surface area contributed by atoms with Crippen LogP contribution in [-0.2, 0) is 10.8 Å². The third-order valence-corrected chi connectivity index (χ3v) is 13.3. The summed E-state index contributed by atoms with van der Waals surface area (Å²) in [5.41, 5.74) is 15.2. The minimum absolute atomic E-state index is 0.0159. The van der Waals surface area contributed by atoms with Crippen LogP contribution < -0.4 is 0 Å². The molecule has 0 N–H and O–H groups in total. The Balaban J connectivity index is 1.25. The van der Waals surface area contributed by atoms with Gasteiger partial charge in [-0.25, -0.2) is 0 Å². The van der Waals surface area contributed by atoms with E-state index in [9.17, 15) is 0 Å². The van der Waals surface area contributed by atoms with Crippen LogP contribution in [-0.4, -0.2) is 17.9 Å². The second-order valence-electron chi connectivity index (χ2n) is 18.7. The Morgan fingerprint density at radius 2 is 0.759 bits per heavy atom. The number of aromatic nitrogens is 4. The lowest BCUT2D eigenvalue weighted by Gasteiger charge is -2.19. The largest absolute Gasteiger partial charge is 0.315 e. The van der Waals surface area contributed by atoms with E-state index in [0.29, 0.717) is 0 Å². The van der Waals surface area contributed by atoms with Crippen molar-refractivity contribution in [2.45, 2.75) is 52.4 Å². The van der Waals surface area contributed by atoms with E-state index in [1.165, 1.54) is 120 Å². The van der Waals surface area contributed by atoms with Crippen LogP contribution >= 0.6 is 0 Å². The van der Waals surface area contributed by atoms with Gasteiger partial charge in [-0.3, -0.25) is 0 Å². The van der Waals surface area contributed by atoms with Gasteiger partial charge in [0.15, 0.2) is 0 Å². The summed E-state index contributed by atoms with van der Waals surface area (Å²) in [6, 6.07) is 50.6. The Morgan fingerprint density at radius 1 is 0.345 bits per heavy atom. The van der Waals surface area contributed by atoms with Gasteiger partial charge < -0.3 is 17.9 Å². The Kier molecular flexibility index (Phi) is 5.90. The molecule has 0 amide bonds. The molecule has 0 bridgehead atoms. The van der Waals surface area contributed by atoms with E-state index >= 15 is 0 Å². The summed E-state index contributed by atoms with van der Waals surface area (Å²) in [4.78, 5) is 0. The number of hydrogen-bond donors (Lipinski definition) is 0. The van der Waals surface area contributed by atoms with Crippen LogP contribution in [0.5, 0.6) is 0 Å². The first-order valence-corrected chi connectivity index (χ1v) is 20.6. The Hall–Kier alpha value is -6.78. The van der Waals surface area contributed by atoms with Crippen LogP contribution in [0.3, 0.4) is 0 Å². The van der Waals surface area contributed by atoms with Gasteiger partial charge in [0.05, 0.1) is 44.1 Å². The smallest absolute Gasteiger partial charge is 0.0615 e. The zero-order valence-corrected chi connectivity index (χ0v) is 33.6. The summed E-state index contributed by atoms with van der Waals surface area (Å²) >= 11 is 0. The molecular weight excluding hydrogens is 705 g/mol. The predicted octanol–water partition coefficient (Wildman–Crippen LogP) is 14.5. The second kappa shape index (κ2) is 10.6. The van der Waals surface area contributed by atoms with Crippen LogP contribution in [0.4, 0.5) is 0 Å². The zero-order valence-electron chi connectivity index (χ0n) is 33.6. The molecule has 0 aliphatic carbocycles. The predicted molar refractivity (Wildman–Crippen MR) is 247 cm³/mol. The molecule has 7 aromatic carbocycles. The van der Waals surface area contributed by atoms with Gasteiger partial charge in [0.25, 0.3) is 0 Å². The normalized spacial score (nSPS) is 13.3. The van der Waals surface area contributed by atoms with Gasteiger partial charge >= 0.3 is 0 Å². The first kappa shape index (κ1) is 32.3. The summed E-state index contributed by atoms with van der Waals surface area (Å²) < 4.78 is 9.87. The van der Waals surface area contributed by atoms with Gasteiger partial charge in [0, 0.05) is 77.6 Å². The summed E-state index contributed by atoms with van der Waals surface area (Å²) in [6.07, 6.45) is 4.57. The van der Waals surface area contributed by atoms with E-state index in [-0.39, 0.29) is 10.8 Å². The van der Waals surface area contributed by atoms with Crippen molar-refractivity contribution in [1.29, 1.82) is 0 Å². The Bertz CT molecular complexity index is 3580. The lowest BCUT2D eigenvalue weighted by molar-refractivity contribution is 0.591. The van der Waals surface area contributed by atoms with Crippen molar-refractivity contribution >= 4 is 98.0 Å². The number of fused-ring (bicyclic) bond motifs is 14. The zero-order chi connectivity index (χ0) is 39.0. The fraction of sp³-hybridized carbons (Fsp3) is 0.148. The maximum absolute atomic E-state index is 2.55. The maximum atomic E-state index is 2.55. The van der Waals surface area contributed by atoms with Gasteiger partial charge in [-0.05, 0) is 107 Å². The number of benzene rings is 7. The topological polar surface area (TPSA) is 18.7 Å². The molecule has 58 heavy (non-hydrogen) atoms. The molecule has 0 saturated heterocycles. The molecule has 0 fully saturated rings. The number of rotatable bonds is 2. The molecule has 0 aliphatic heterocycles. The van der Waals surface area contributed by atoms with E-state index in [2.05, 4.69) is 205 Å². The highest BCUT2D eigenvalue weighted by Gasteiger charge is 2.27. The lowest BCUT2D eigenvalue weighted by atomic mass is 9.86. The molecule has 6 heterocycles. The quantitative estimate of drug-likeness (QED) is 0.168. The maximum Gasteiger partial charge on any atom is 0.0615 e. The fourth-order valence-electron chi connectivity index (χ4n) is 10.6. The van der Waals surface area contributed by atoms with Crippen LogP contribution in [0.2, 0.25) is 0 Å². The third kappa shape index (κ3) is 4.00. The third-order valence-electron chi connectivity index (χ3n) is 13.3. The summed E-state index contributed by atoms with van der Waals surface area (Å²) in [6.45, 7) is 13.9. The first-order valence-electron chi connectivity index (χ1n) is 20.6. The fourth-order valence-corrected chi connectivity index (χ4v) is 10.6. The van der Waals surface area contributed by atoms with E-state index in [1.807, 2.05) is 0 Å². The second-order valence-corrected chi connectivity index (χ2v) is 18.7. The van der Waals surface area contributed by atoms with Gasteiger partial charge in [0.2, 0.25) is 0 Å². The summed E-state index contributed by atoms with van der Waals surface area (Å²) in [5, 5.41) is 13.1. The van der Waals surface area contributed by atoms with Crippen molar-refractivity contribution in [1.82, 2.24) is 17.9 Å². The van der Waals surface area contributed by atoms with Crippen molar-refractivity contribution in [3.63, 3.8) is 0 Å². The molecule has 0 spiro atoms. The SMILES string of the molecule is CC(C)(C)c1ccc2c(c1)c1c3c4cc5c6c7c8cc(C(C)(C)C)ccc8n(-c8ccccc8)c7cc7ccn(c5cc4n4ccc(cc1n2-c1ccccc1)c34)c76. The van der Waals surface area contributed by atoms with Crippen molar-refractivity contribution in [3.05, 3.63) is 157 Å². The van der Waals surface area contributed by atoms with E-state index in [0.717, 1.165) is 0 Å². The standard InChI is InChI=1S/C54H42N4/c1-53(2,3)33-17-19-41-37(27-33)47-45(57(41)35-13-9-7-10-14-35)25-31-21-23-55-43-30-44-40(29-39(43)49(47)51(31)55)50-48-38-28-34(54(4,5)6)18-20-42(38)58(36-15-11-8-12-16-36)46(48)26-32-22-24-56(44)52(32)50/h7-30H,1-6H3. The van der Waals surface area contributed by atoms with Crippen LogP contribution in [0.25, 0.3) is 109 Å². The molecule has 0 aliphatic rings. The van der Waals surface area contributed by atoms with E-state index in [4.69, 9.17) is 0 Å². The molecule has 0 saturated carbocycles. The molecule has 4 nitrogen and oxygen atoms in total. The first-order chi connectivity index (χ1) is 28.0. The molecule has 0 unspecified atom stereocenters. The average Bonchev–Trinajstić information content (AvgIpc) is 4.06. The van der Waals surface area contributed by atoms with Crippen molar-refractivity contribution in [2.75, 3.05) is 0 Å². The van der Waals surface area contributed by atoms with E-state index < -0.39 is 0 Å². The van der Waals surface area contributed by atoms with Crippen molar-refractivity contribution < 1.29 is 0 Å². The molecule has 0 atom stereocenters. The van der Waals surface area contributed by atoms with Gasteiger partial charge in [0.1, 0.15) is 0 Å². The highest BCUT2D eigenvalue weighted by Crippen LogP contribution is 2.49. The molecule has 13 aromatic rings. The molecule has 278 valence electrons. The number of nitrogens with zero attached hydrogens (tertiary/aromatic N) is 4. The molecule has 0 radical (unpaired) electrons. The van der Waals surface area contributed by atoms with Crippen molar-refractivity contribution in [2.24, 2.45) is 0 Å².